The van der Waals surface area contributed by atoms with E-state index < -0.39 is 12.7 Å². The van der Waals surface area contributed by atoms with Gasteiger partial charge in [-0.1, -0.05) is 30.3 Å². The summed E-state index contributed by atoms with van der Waals surface area (Å²) in [5.41, 5.74) is 2.66. The van der Waals surface area contributed by atoms with E-state index in [1.54, 1.807) is 12.1 Å². The molecule has 0 aliphatic rings. The number of alkyl halides is 2. The van der Waals surface area contributed by atoms with Crippen molar-refractivity contribution in [1.29, 1.82) is 0 Å². The second-order valence-corrected chi connectivity index (χ2v) is 6.99. The molecule has 0 amide bonds. The Hall–Kier alpha value is -3.46. The van der Waals surface area contributed by atoms with Crippen LogP contribution < -0.4 is 15.4 Å². The monoisotopic (exact) mass is 443 g/mol. The molecule has 1 unspecified atom stereocenters. The van der Waals surface area contributed by atoms with Crippen LogP contribution in [0.25, 0.3) is 5.69 Å². The van der Waals surface area contributed by atoms with E-state index in [-0.39, 0.29) is 12.3 Å². The van der Waals surface area contributed by atoms with Gasteiger partial charge < -0.3 is 20.5 Å². The van der Waals surface area contributed by atoms with Crippen LogP contribution in [-0.2, 0) is 6.42 Å². The number of aliphatic imine (C=N–C) groups is 1. The highest BCUT2D eigenvalue weighted by atomic mass is 19.3. The number of benzene rings is 2. The van der Waals surface area contributed by atoms with Crippen molar-refractivity contribution in [3.8, 4) is 11.4 Å². The third-order valence-electron chi connectivity index (χ3n) is 4.62. The molecule has 3 rings (SSSR count). The van der Waals surface area contributed by atoms with E-state index in [0.29, 0.717) is 24.6 Å². The maximum absolute atomic E-state index is 12.2. The van der Waals surface area contributed by atoms with Crippen LogP contribution in [0.15, 0.2) is 72.0 Å². The van der Waals surface area contributed by atoms with Gasteiger partial charge in [0.15, 0.2) is 5.96 Å². The SMILES string of the molecule is CCNC(=NCC(O)c1ccc(OC(F)F)cc1)NCCc1cnn(-c2ccccc2)c1. The van der Waals surface area contributed by atoms with Crippen LogP contribution in [0.3, 0.4) is 0 Å². The Labute approximate surface area is 185 Å². The van der Waals surface area contributed by atoms with E-state index in [9.17, 15) is 13.9 Å². The Morgan fingerprint density at radius 1 is 1.12 bits per heavy atom. The van der Waals surface area contributed by atoms with E-state index in [1.165, 1.54) is 12.1 Å². The first kappa shape index (κ1) is 23.2. The fraction of sp³-hybridized carbons (Fsp3) is 0.304. The van der Waals surface area contributed by atoms with Crippen LogP contribution in [0, 0.1) is 0 Å². The average molecular weight is 443 g/mol. The van der Waals surface area contributed by atoms with Crippen molar-refractivity contribution < 1.29 is 18.6 Å². The van der Waals surface area contributed by atoms with Crippen molar-refractivity contribution in [2.45, 2.75) is 26.1 Å². The summed E-state index contributed by atoms with van der Waals surface area (Å²) in [4.78, 5) is 4.42. The molecule has 1 aromatic heterocycles. The molecule has 0 fully saturated rings. The molecule has 1 heterocycles. The molecule has 2 aromatic carbocycles. The standard InChI is InChI=1S/C23H27F2N5O2/c1-2-26-23(28-15-21(31)18-8-10-20(11-9-18)32-22(24)25)27-13-12-17-14-29-30(16-17)19-6-4-3-5-7-19/h3-11,14,16,21-22,31H,2,12-13,15H2,1H3,(H2,26,27,28). The molecule has 3 aromatic rings. The van der Waals surface area contributed by atoms with Crippen molar-refractivity contribution in [3.63, 3.8) is 0 Å². The summed E-state index contributed by atoms with van der Waals surface area (Å²) in [7, 11) is 0. The summed E-state index contributed by atoms with van der Waals surface area (Å²) in [5.74, 6) is 0.629. The molecule has 7 nitrogen and oxygen atoms in total. The minimum absolute atomic E-state index is 0.0463. The summed E-state index contributed by atoms with van der Waals surface area (Å²) < 4.78 is 30.6. The number of rotatable bonds is 10. The Bertz CT molecular complexity index is 978. The zero-order chi connectivity index (χ0) is 22.8. The predicted molar refractivity (Wildman–Crippen MR) is 119 cm³/mol. The lowest BCUT2D eigenvalue weighted by Gasteiger charge is -2.13. The number of aliphatic hydroxyl groups is 1. The third-order valence-corrected chi connectivity index (χ3v) is 4.62. The molecule has 32 heavy (non-hydrogen) atoms. The number of para-hydroxylation sites is 1. The Morgan fingerprint density at radius 3 is 2.56 bits per heavy atom. The van der Waals surface area contributed by atoms with Crippen molar-refractivity contribution in [2.75, 3.05) is 19.6 Å². The zero-order valence-electron chi connectivity index (χ0n) is 17.8. The highest BCUT2D eigenvalue weighted by molar-refractivity contribution is 5.79. The molecule has 0 radical (unpaired) electrons. The number of ether oxygens (including phenoxy) is 1. The summed E-state index contributed by atoms with van der Waals surface area (Å²) in [6.45, 7) is 0.516. The molecule has 0 aliphatic heterocycles. The van der Waals surface area contributed by atoms with E-state index in [2.05, 4.69) is 25.5 Å². The van der Waals surface area contributed by atoms with Gasteiger partial charge in [-0.25, -0.2) is 4.68 Å². The van der Waals surface area contributed by atoms with E-state index in [1.807, 2.05) is 54.3 Å². The first-order valence-electron chi connectivity index (χ1n) is 10.4. The number of hydrogen-bond acceptors (Lipinski definition) is 4. The molecular formula is C23H27F2N5O2. The molecular weight excluding hydrogens is 416 g/mol. The van der Waals surface area contributed by atoms with Crippen molar-refractivity contribution in [1.82, 2.24) is 20.4 Å². The summed E-state index contributed by atoms with van der Waals surface area (Å²) in [6.07, 6.45) is 3.72. The zero-order valence-corrected chi connectivity index (χ0v) is 17.8. The van der Waals surface area contributed by atoms with Crippen LogP contribution in [0.4, 0.5) is 8.78 Å². The van der Waals surface area contributed by atoms with E-state index in [4.69, 9.17) is 0 Å². The number of aliphatic hydroxyl groups excluding tert-OH is 1. The van der Waals surface area contributed by atoms with Gasteiger partial charge in [-0.15, -0.1) is 0 Å². The lowest BCUT2D eigenvalue weighted by atomic mass is 10.1. The fourth-order valence-electron chi connectivity index (χ4n) is 3.03. The van der Waals surface area contributed by atoms with Crippen LogP contribution in [0.1, 0.15) is 24.2 Å². The van der Waals surface area contributed by atoms with Gasteiger partial charge in [-0.05, 0) is 48.7 Å². The highest BCUT2D eigenvalue weighted by Crippen LogP contribution is 2.19. The average Bonchev–Trinajstić information content (AvgIpc) is 3.27. The number of nitrogens with zero attached hydrogens (tertiary/aromatic N) is 3. The summed E-state index contributed by atoms with van der Waals surface area (Å²) in [6, 6.07) is 15.8. The molecule has 0 bridgehead atoms. The van der Waals surface area contributed by atoms with E-state index >= 15 is 0 Å². The third kappa shape index (κ3) is 7.05. The number of guanidine groups is 1. The van der Waals surface area contributed by atoms with E-state index in [0.717, 1.165) is 17.7 Å². The largest absolute Gasteiger partial charge is 0.435 e. The predicted octanol–water partition coefficient (Wildman–Crippen LogP) is 3.30. The quantitative estimate of drug-likeness (QED) is 0.331. The van der Waals surface area contributed by atoms with Gasteiger partial charge in [0.05, 0.1) is 24.5 Å². The molecule has 9 heteroatoms. The Kier molecular flexibility index (Phi) is 8.56. The molecule has 1 atom stereocenters. The second kappa shape index (κ2) is 11.8. The Balaban J connectivity index is 1.51. The molecule has 0 saturated heterocycles. The van der Waals surface area contributed by atoms with Gasteiger partial charge in [0, 0.05) is 19.3 Å². The fourth-order valence-corrected chi connectivity index (χ4v) is 3.03. The minimum atomic E-state index is -2.88. The minimum Gasteiger partial charge on any atom is -0.435 e. The summed E-state index contributed by atoms with van der Waals surface area (Å²) in [5, 5.41) is 21.1. The number of hydrogen-bond donors (Lipinski definition) is 3. The number of aromatic nitrogens is 2. The molecule has 0 aliphatic carbocycles. The summed E-state index contributed by atoms with van der Waals surface area (Å²) >= 11 is 0. The lowest BCUT2D eigenvalue weighted by Crippen LogP contribution is -2.38. The molecule has 0 saturated carbocycles. The smallest absolute Gasteiger partial charge is 0.387 e. The van der Waals surface area contributed by atoms with Gasteiger partial charge >= 0.3 is 6.61 Å². The van der Waals surface area contributed by atoms with Crippen molar-refractivity contribution >= 4 is 5.96 Å². The van der Waals surface area contributed by atoms with Crippen LogP contribution in [-0.4, -0.2) is 47.1 Å². The van der Waals surface area contributed by atoms with Gasteiger partial charge in [-0.2, -0.15) is 13.9 Å². The number of nitrogens with one attached hydrogen (secondary N) is 2. The molecule has 3 N–H and O–H groups in total. The molecule has 0 spiro atoms. The number of halogens is 2. The maximum Gasteiger partial charge on any atom is 0.387 e. The second-order valence-electron chi connectivity index (χ2n) is 6.99. The first-order valence-corrected chi connectivity index (χ1v) is 10.4. The highest BCUT2D eigenvalue weighted by Gasteiger charge is 2.10. The van der Waals surface area contributed by atoms with Gasteiger partial charge in [0.2, 0.25) is 0 Å². The van der Waals surface area contributed by atoms with Gasteiger partial charge in [-0.3, -0.25) is 4.99 Å². The van der Waals surface area contributed by atoms with Crippen LogP contribution in [0.2, 0.25) is 0 Å². The maximum atomic E-state index is 12.2. The van der Waals surface area contributed by atoms with Gasteiger partial charge in [0.1, 0.15) is 5.75 Å². The normalized spacial score (nSPS) is 12.6. The lowest BCUT2D eigenvalue weighted by molar-refractivity contribution is -0.0498. The first-order chi connectivity index (χ1) is 15.5. The van der Waals surface area contributed by atoms with Crippen LogP contribution >= 0.6 is 0 Å². The Morgan fingerprint density at radius 2 is 1.88 bits per heavy atom. The topological polar surface area (TPSA) is 83.7 Å². The van der Waals surface area contributed by atoms with Crippen molar-refractivity contribution in [2.24, 2.45) is 4.99 Å². The van der Waals surface area contributed by atoms with Gasteiger partial charge in [0.25, 0.3) is 0 Å². The van der Waals surface area contributed by atoms with Crippen molar-refractivity contribution in [3.05, 3.63) is 78.1 Å². The molecule has 170 valence electrons. The van der Waals surface area contributed by atoms with Crippen LogP contribution in [0.5, 0.6) is 5.75 Å².